The summed E-state index contributed by atoms with van der Waals surface area (Å²) in [6, 6.07) is 0. The van der Waals surface area contributed by atoms with Crippen LogP contribution in [-0.2, 0) is 37.2 Å². The van der Waals surface area contributed by atoms with Gasteiger partial charge in [0.2, 0.25) is 0 Å². The van der Waals surface area contributed by atoms with Crippen LogP contribution in [0.4, 0.5) is 13.2 Å². The van der Waals surface area contributed by atoms with E-state index < -0.39 is 36.5 Å². The first-order valence-corrected chi connectivity index (χ1v) is 13.2. The highest BCUT2D eigenvalue weighted by Gasteiger charge is 2.55. The smallest absolute Gasteiger partial charge is 0.307 e. The van der Waals surface area contributed by atoms with Gasteiger partial charge in [0.1, 0.15) is 0 Å². The van der Waals surface area contributed by atoms with Gasteiger partial charge in [-0.3, -0.25) is 13.4 Å². The summed E-state index contributed by atoms with van der Waals surface area (Å²) in [7, 11) is -14.5. The average molecular weight is 485 g/mol. The highest BCUT2D eigenvalue weighted by atomic mass is 32.2. The summed E-state index contributed by atoms with van der Waals surface area (Å²) in [5.74, 6) is -2.07. The quantitative estimate of drug-likeness (QED) is 0.396. The highest BCUT2D eigenvalue weighted by Crippen LogP contribution is 2.62. The molecule has 0 fully saturated rings. The van der Waals surface area contributed by atoms with Gasteiger partial charge >= 0.3 is 30.7 Å². The highest BCUT2D eigenvalue weighted by molar-refractivity contribution is 7.90. The van der Waals surface area contributed by atoms with Crippen LogP contribution in [0.1, 0.15) is 27.7 Å². The van der Waals surface area contributed by atoms with Crippen molar-refractivity contribution >= 4 is 25.2 Å². The molecule has 0 aliphatic carbocycles. The van der Waals surface area contributed by atoms with Crippen LogP contribution >= 0.6 is 15.2 Å². The van der Waals surface area contributed by atoms with E-state index in [1.165, 1.54) is 27.7 Å². The average Bonchev–Trinajstić information content (AvgIpc) is 2.61. The molecule has 0 saturated heterocycles. The molecule has 29 heavy (non-hydrogen) atoms. The van der Waals surface area contributed by atoms with Crippen LogP contribution < -0.4 is 0 Å². The second-order valence-corrected chi connectivity index (χ2v) is 11.3. The normalized spacial score (nSPS) is 18.8. The molecule has 1 aliphatic rings. The number of nitrogens with zero attached hydrogens (tertiary/aromatic N) is 1. The lowest BCUT2D eigenvalue weighted by Gasteiger charge is -2.35. The first kappa shape index (κ1) is 26.4. The number of sulfonamides is 1. The Bertz CT molecular complexity index is 807. The third-order valence-corrected chi connectivity index (χ3v) is 9.45. The Morgan fingerprint density at radius 3 is 1.79 bits per heavy atom. The van der Waals surface area contributed by atoms with E-state index in [9.17, 15) is 30.7 Å². The molecule has 1 unspecified atom stereocenters. The van der Waals surface area contributed by atoms with E-state index in [-0.39, 0.29) is 36.0 Å². The minimum Gasteiger partial charge on any atom is -0.307 e. The van der Waals surface area contributed by atoms with Gasteiger partial charge in [0.05, 0.1) is 31.7 Å². The zero-order valence-electron chi connectivity index (χ0n) is 16.3. The van der Waals surface area contributed by atoms with Gasteiger partial charge in [-0.15, -0.1) is 0 Å². The van der Waals surface area contributed by atoms with Gasteiger partial charge < -0.3 is 18.1 Å². The molecular formula is C14H24F3NO8P2S. The fourth-order valence-corrected chi connectivity index (χ4v) is 7.42. The second kappa shape index (κ2) is 10.1. The lowest BCUT2D eigenvalue weighted by molar-refractivity contribution is -0.0479. The Balaban J connectivity index is 3.66. The van der Waals surface area contributed by atoms with Crippen molar-refractivity contribution in [3.05, 3.63) is 23.7 Å². The van der Waals surface area contributed by atoms with E-state index in [0.29, 0.717) is 6.20 Å². The molecule has 1 heterocycles. The monoisotopic (exact) mass is 485 g/mol. The predicted molar refractivity (Wildman–Crippen MR) is 99.5 cm³/mol. The molecule has 0 radical (unpaired) electrons. The molecule has 0 aromatic carbocycles. The Morgan fingerprint density at radius 2 is 1.41 bits per heavy atom. The zero-order valence-corrected chi connectivity index (χ0v) is 18.9. The molecule has 0 N–H and O–H groups in total. The summed E-state index contributed by atoms with van der Waals surface area (Å²) in [5.41, 5.74) is -5.69. The van der Waals surface area contributed by atoms with Gasteiger partial charge in [0.15, 0.2) is 5.78 Å². The molecule has 0 amide bonds. The van der Waals surface area contributed by atoms with E-state index in [4.69, 9.17) is 18.1 Å². The van der Waals surface area contributed by atoms with Crippen molar-refractivity contribution in [2.45, 2.75) is 39.0 Å². The van der Waals surface area contributed by atoms with Crippen LogP contribution in [0.5, 0.6) is 0 Å². The standard InChI is InChI=1S/C14H24F3NO8P2S/c1-5-23-27(19,24-6-2)12-9-10-18(29(21,22)14(15,16)17)13(11-12)28(20,25-7-3)26-8-4/h9-11,13H,5-8H2,1-4H3. The summed E-state index contributed by atoms with van der Waals surface area (Å²) in [4.78, 5) is 0. The minimum atomic E-state index is -5.96. The first-order chi connectivity index (χ1) is 13.3. The third kappa shape index (κ3) is 5.72. The van der Waals surface area contributed by atoms with Crippen molar-refractivity contribution < 1.29 is 48.8 Å². The Labute approximate surface area is 167 Å². The van der Waals surface area contributed by atoms with Gasteiger partial charge in [-0.2, -0.15) is 21.6 Å². The Hall–Kier alpha value is -0.680. The number of halogens is 3. The van der Waals surface area contributed by atoms with Crippen molar-refractivity contribution in [2.75, 3.05) is 26.4 Å². The maximum absolute atomic E-state index is 13.2. The second-order valence-electron chi connectivity index (χ2n) is 5.31. The van der Waals surface area contributed by atoms with Gasteiger partial charge in [0, 0.05) is 6.20 Å². The van der Waals surface area contributed by atoms with E-state index in [1.54, 1.807) is 0 Å². The van der Waals surface area contributed by atoms with Crippen LogP contribution in [0, 0.1) is 0 Å². The minimum absolute atomic E-state index is 0.0632. The van der Waals surface area contributed by atoms with E-state index in [1.807, 2.05) is 0 Å². The molecule has 15 heteroatoms. The Kier molecular flexibility index (Phi) is 9.17. The molecule has 0 aromatic heterocycles. The van der Waals surface area contributed by atoms with Crippen LogP contribution in [-0.4, -0.2) is 50.4 Å². The number of allylic oxidation sites excluding steroid dienone is 2. The molecule has 0 saturated carbocycles. The maximum Gasteiger partial charge on any atom is 0.516 e. The molecule has 170 valence electrons. The van der Waals surface area contributed by atoms with E-state index in [0.717, 1.165) is 12.2 Å². The largest absolute Gasteiger partial charge is 0.516 e. The summed E-state index contributed by atoms with van der Waals surface area (Å²) >= 11 is 0. The van der Waals surface area contributed by atoms with Gasteiger partial charge in [-0.25, -0.2) is 0 Å². The summed E-state index contributed by atoms with van der Waals surface area (Å²) in [5, 5.41) is -0.264. The first-order valence-electron chi connectivity index (χ1n) is 8.61. The van der Waals surface area contributed by atoms with Crippen LogP contribution in [0.3, 0.4) is 0 Å². The molecule has 1 rings (SSSR count). The van der Waals surface area contributed by atoms with Crippen molar-refractivity contribution in [2.24, 2.45) is 0 Å². The van der Waals surface area contributed by atoms with Crippen LogP contribution in [0.15, 0.2) is 23.7 Å². The van der Waals surface area contributed by atoms with E-state index in [2.05, 4.69) is 0 Å². The fraction of sp³-hybridized carbons (Fsp3) is 0.714. The Morgan fingerprint density at radius 1 is 0.966 bits per heavy atom. The lowest BCUT2D eigenvalue weighted by Crippen LogP contribution is -2.44. The zero-order chi connectivity index (χ0) is 22.5. The maximum atomic E-state index is 13.2. The molecule has 1 atom stereocenters. The number of rotatable bonds is 11. The summed E-state index contributed by atoms with van der Waals surface area (Å²) in [6.45, 7) is 5.23. The van der Waals surface area contributed by atoms with Crippen molar-refractivity contribution in [3.63, 3.8) is 0 Å². The lowest BCUT2D eigenvalue weighted by atomic mass is 10.4. The molecule has 0 bridgehead atoms. The van der Waals surface area contributed by atoms with Crippen LogP contribution in [0.25, 0.3) is 0 Å². The molecule has 0 spiro atoms. The van der Waals surface area contributed by atoms with E-state index >= 15 is 0 Å². The third-order valence-electron chi connectivity index (χ3n) is 3.40. The molecular weight excluding hydrogens is 461 g/mol. The van der Waals surface area contributed by atoms with Gasteiger partial charge in [0.25, 0.3) is 0 Å². The van der Waals surface area contributed by atoms with Gasteiger partial charge in [-0.05, 0) is 39.8 Å². The van der Waals surface area contributed by atoms with Crippen LogP contribution in [0.2, 0.25) is 0 Å². The van der Waals surface area contributed by atoms with Crippen molar-refractivity contribution in [1.82, 2.24) is 4.31 Å². The molecule has 1 aliphatic heterocycles. The topological polar surface area (TPSA) is 108 Å². The molecule has 0 aromatic rings. The predicted octanol–water partition coefficient (Wildman–Crippen LogP) is 4.41. The van der Waals surface area contributed by atoms with Crippen molar-refractivity contribution in [1.29, 1.82) is 0 Å². The number of alkyl halides is 3. The fourth-order valence-electron chi connectivity index (χ4n) is 2.35. The number of hydrogen-bond donors (Lipinski definition) is 0. The summed E-state index contributed by atoms with van der Waals surface area (Å²) in [6.07, 6.45) is 2.13. The SMILES string of the molecule is CCOP(=O)(OCC)C1=CC(P(=O)(OCC)OCC)N(S(=O)(=O)C(F)(F)F)C=C1. The summed E-state index contributed by atoms with van der Waals surface area (Å²) < 4.78 is 110. The number of hydrogen-bond acceptors (Lipinski definition) is 8. The molecule has 9 nitrogen and oxygen atoms in total. The van der Waals surface area contributed by atoms with Crippen molar-refractivity contribution in [3.8, 4) is 0 Å². The van der Waals surface area contributed by atoms with Gasteiger partial charge in [-0.1, -0.05) is 0 Å².